The molecule has 0 radical (unpaired) electrons. The summed E-state index contributed by atoms with van der Waals surface area (Å²) in [5.41, 5.74) is 2.92. The molecule has 0 N–H and O–H groups in total. The minimum Gasteiger partial charge on any atom is -0.406 e. The SMILES string of the molecule is Brc1cnccn1.C#Cc1cnn(-c2ccc(OC(F)(F)F)cc2)c1.FC(F)(F)Oc1ccc(-n2cc(C#Cc3cnccn3)cn2)cc1. The second kappa shape index (κ2) is 16.6. The summed E-state index contributed by atoms with van der Waals surface area (Å²) in [5, 5.41) is 8.09. The molecule has 2 aromatic carbocycles. The molecule has 0 unspecified atom stereocenters. The maximum atomic E-state index is 12.1. The van der Waals surface area contributed by atoms with Gasteiger partial charge in [0.15, 0.2) is 0 Å². The van der Waals surface area contributed by atoms with Gasteiger partial charge in [-0.05, 0) is 70.4 Å². The van der Waals surface area contributed by atoms with Crippen LogP contribution in [-0.2, 0) is 0 Å². The van der Waals surface area contributed by atoms with E-state index in [1.807, 2.05) is 0 Å². The summed E-state index contributed by atoms with van der Waals surface area (Å²) in [6.45, 7) is 0. The van der Waals surface area contributed by atoms with Gasteiger partial charge in [0, 0.05) is 37.2 Å². The van der Waals surface area contributed by atoms with Crippen molar-refractivity contribution in [1.82, 2.24) is 39.5 Å². The van der Waals surface area contributed by atoms with Crippen LogP contribution in [0.3, 0.4) is 0 Å². The molecule has 0 aliphatic rings. The average Bonchev–Trinajstić information content (AvgIpc) is 3.75. The van der Waals surface area contributed by atoms with E-state index in [1.54, 1.807) is 43.4 Å². The van der Waals surface area contributed by atoms with Crippen LogP contribution >= 0.6 is 15.9 Å². The van der Waals surface area contributed by atoms with Gasteiger partial charge < -0.3 is 9.47 Å². The summed E-state index contributed by atoms with van der Waals surface area (Å²) in [5.74, 6) is 7.55. The summed E-state index contributed by atoms with van der Waals surface area (Å²) < 4.78 is 83.6. The number of aromatic nitrogens is 8. The summed E-state index contributed by atoms with van der Waals surface area (Å²) in [4.78, 5) is 15.5. The number of nitrogens with zero attached hydrogens (tertiary/aromatic N) is 8. The van der Waals surface area contributed by atoms with Crippen molar-refractivity contribution in [2.24, 2.45) is 0 Å². The summed E-state index contributed by atoms with van der Waals surface area (Å²) in [7, 11) is 0. The third-order valence-corrected chi connectivity index (χ3v) is 5.84. The molecule has 0 atom stereocenters. The topological polar surface area (TPSA) is 106 Å². The molecule has 10 nitrogen and oxygen atoms in total. The number of ether oxygens (including phenoxy) is 2. The Labute approximate surface area is 282 Å². The van der Waals surface area contributed by atoms with Crippen LogP contribution in [-0.4, -0.2) is 52.2 Å². The molecule has 0 aliphatic heterocycles. The summed E-state index contributed by atoms with van der Waals surface area (Å²) >= 11 is 3.14. The molecule has 4 heterocycles. The van der Waals surface area contributed by atoms with Gasteiger partial charge in [-0.1, -0.05) is 11.8 Å². The molecule has 0 aliphatic carbocycles. The lowest BCUT2D eigenvalue weighted by Gasteiger charge is -2.09. The highest BCUT2D eigenvalue weighted by Gasteiger charge is 2.31. The van der Waals surface area contributed by atoms with Crippen LogP contribution < -0.4 is 9.47 Å². The first-order chi connectivity index (χ1) is 23.4. The van der Waals surface area contributed by atoms with E-state index in [2.05, 4.69) is 73.3 Å². The van der Waals surface area contributed by atoms with Crippen molar-refractivity contribution in [3.05, 3.63) is 132 Å². The number of benzene rings is 2. The van der Waals surface area contributed by atoms with E-state index < -0.39 is 12.7 Å². The van der Waals surface area contributed by atoms with Crippen LogP contribution in [0.5, 0.6) is 11.5 Å². The highest BCUT2D eigenvalue weighted by atomic mass is 79.9. The van der Waals surface area contributed by atoms with Gasteiger partial charge in [-0.3, -0.25) is 9.97 Å². The van der Waals surface area contributed by atoms with Crippen molar-refractivity contribution in [2.45, 2.75) is 12.7 Å². The monoisotopic (exact) mass is 740 g/mol. The van der Waals surface area contributed by atoms with Crippen molar-refractivity contribution < 1.29 is 35.8 Å². The van der Waals surface area contributed by atoms with Gasteiger partial charge >= 0.3 is 12.7 Å². The largest absolute Gasteiger partial charge is 0.573 e. The summed E-state index contributed by atoms with van der Waals surface area (Å²) in [6.07, 6.45) is 11.6. The minimum atomic E-state index is -4.71. The van der Waals surface area contributed by atoms with E-state index in [1.165, 1.54) is 76.5 Å². The summed E-state index contributed by atoms with van der Waals surface area (Å²) in [6, 6.07) is 10.7. The maximum Gasteiger partial charge on any atom is 0.573 e. The van der Waals surface area contributed by atoms with Crippen molar-refractivity contribution in [3.63, 3.8) is 0 Å². The standard InChI is InChI=1S/C16H9F3N4O.C12H7F3N2O.C4H3BrN2/c17-16(18,19)24-15-5-3-14(4-6-15)23-11-12(9-22-23)1-2-13-10-20-7-8-21-13;1-2-9-7-16-17(8-9)10-3-5-11(6-4-10)18-12(13,14)15;5-4-3-6-1-2-7-4/h3-11H;1,3-8H;1-3H. The molecular formula is C32H19BrF6N8O2. The zero-order chi connectivity index (χ0) is 35.3. The van der Waals surface area contributed by atoms with Gasteiger partial charge in [0.05, 0.1) is 47.3 Å². The van der Waals surface area contributed by atoms with Gasteiger partial charge in [0.1, 0.15) is 21.8 Å². The minimum absolute atomic E-state index is 0.282. The van der Waals surface area contributed by atoms with Crippen molar-refractivity contribution >= 4 is 15.9 Å². The molecule has 0 spiro atoms. The normalized spacial score (nSPS) is 10.6. The highest BCUT2D eigenvalue weighted by Crippen LogP contribution is 2.24. The van der Waals surface area contributed by atoms with E-state index in [4.69, 9.17) is 6.42 Å². The lowest BCUT2D eigenvalue weighted by Crippen LogP contribution is -2.17. The zero-order valence-electron chi connectivity index (χ0n) is 24.5. The second-order valence-electron chi connectivity index (χ2n) is 8.94. The van der Waals surface area contributed by atoms with E-state index in [9.17, 15) is 26.3 Å². The lowest BCUT2D eigenvalue weighted by atomic mass is 10.3. The number of halogens is 7. The number of hydrogen-bond acceptors (Lipinski definition) is 8. The molecule has 0 saturated carbocycles. The van der Waals surface area contributed by atoms with Crippen molar-refractivity contribution in [2.75, 3.05) is 0 Å². The van der Waals surface area contributed by atoms with Gasteiger partial charge in [0.2, 0.25) is 0 Å². The van der Waals surface area contributed by atoms with E-state index in [-0.39, 0.29) is 11.5 Å². The molecule has 0 amide bonds. The number of alkyl halides is 6. The highest BCUT2D eigenvalue weighted by molar-refractivity contribution is 9.10. The van der Waals surface area contributed by atoms with Crippen molar-refractivity contribution in [3.8, 4) is 47.1 Å². The quantitative estimate of drug-likeness (QED) is 0.141. The van der Waals surface area contributed by atoms with Gasteiger partial charge in [-0.25, -0.2) is 19.3 Å². The molecule has 6 rings (SSSR count). The smallest absolute Gasteiger partial charge is 0.406 e. The Balaban J connectivity index is 0.000000189. The molecule has 17 heteroatoms. The Morgan fingerprint density at radius 1 is 0.612 bits per heavy atom. The van der Waals surface area contributed by atoms with E-state index in [0.29, 0.717) is 28.2 Å². The molecule has 4 aromatic heterocycles. The van der Waals surface area contributed by atoms with Crippen LogP contribution in [0.2, 0.25) is 0 Å². The van der Waals surface area contributed by atoms with Crippen LogP contribution in [0, 0.1) is 24.2 Å². The van der Waals surface area contributed by atoms with E-state index >= 15 is 0 Å². The first-order valence-corrected chi connectivity index (χ1v) is 14.1. The van der Waals surface area contributed by atoms with Crippen LogP contribution in [0.1, 0.15) is 16.8 Å². The molecule has 0 saturated heterocycles. The van der Waals surface area contributed by atoms with Crippen LogP contribution in [0.4, 0.5) is 26.3 Å². The second-order valence-corrected chi connectivity index (χ2v) is 9.76. The predicted molar refractivity (Wildman–Crippen MR) is 166 cm³/mol. The molecule has 0 fully saturated rings. The first-order valence-electron chi connectivity index (χ1n) is 13.3. The van der Waals surface area contributed by atoms with Gasteiger partial charge in [-0.2, -0.15) is 10.2 Å². The lowest BCUT2D eigenvalue weighted by molar-refractivity contribution is -0.275. The Morgan fingerprint density at radius 2 is 1.10 bits per heavy atom. The average molecular weight is 741 g/mol. The van der Waals surface area contributed by atoms with E-state index in [0.717, 1.165) is 4.60 Å². The zero-order valence-corrected chi connectivity index (χ0v) is 26.1. The van der Waals surface area contributed by atoms with Crippen LogP contribution in [0.25, 0.3) is 11.4 Å². The van der Waals surface area contributed by atoms with Crippen molar-refractivity contribution in [1.29, 1.82) is 0 Å². The fraction of sp³-hybridized carbons (Fsp3) is 0.0625. The van der Waals surface area contributed by atoms with Crippen LogP contribution in [0.15, 0.2) is 115 Å². The molecular weight excluding hydrogens is 722 g/mol. The van der Waals surface area contributed by atoms with Gasteiger partial charge in [-0.15, -0.1) is 32.8 Å². The fourth-order valence-electron chi connectivity index (χ4n) is 3.45. The Hall–Kier alpha value is -6.20. The predicted octanol–water partition coefficient (Wildman–Crippen LogP) is 6.95. The fourth-order valence-corrected chi connectivity index (χ4v) is 3.69. The molecule has 6 aromatic rings. The first kappa shape index (κ1) is 35.7. The Bertz CT molecular complexity index is 2020. The third-order valence-electron chi connectivity index (χ3n) is 5.43. The molecule has 49 heavy (non-hydrogen) atoms. The Morgan fingerprint density at radius 3 is 1.49 bits per heavy atom. The number of terminal acetylenes is 1. The maximum absolute atomic E-state index is 12.1. The third kappa shape index (κ3) is 12.5. The number of rotatable bonds is 4. The molecule has 248 valence electrons. The van der Waals surface area contributed by atoms with Gasteiger partial charge in [0.25, 0.3) is 0 Å². The molecule has 0 bridgehead atoms. The Kier molecular flexibility index (Phi) is 12.1. The number of hydrogen-bond donors (Lipinski definition) is 0.